The van der Waals surface area contributed by atoms with Gasteiger partial charge in [0, 0.05) is 19.2 Å². The lowest BCUT2D eigenvalue weighted by molar-refractivity contribution is 0.00472. The zero-order chi connectivity index (χ0) is 11.8. The van der Waals surface area contributed by atoms with Crippen LogP contribution < -0.4 is 5.32 Å². The molecule has 0 spiro atoms. The Balaban J connectivity index is 3.56. The van der Waals surface area contributed by atoms with E-state index in [0.29, 0.717) is 13.2 Å². The maximum Gasteiger partial charge on any atom is 0.0897 e. The summed E-state index contributed by atoms with van der Waals surface area (Å²) in [6.45, 7) is 8.86. The van der Waals surface area contributed by atoms with E-state index in [9.17, 15) is 5.11 Å². The van der Waals surface area contributed by atoms with Gasteiger partial charge in [-0.15, -0.1) is 0 Å². The lowest BCUT2D eigenvalue weighted by Gasteiger charge is -2.21. The van der Waals surface area contributed by atoms with Gasteiger partial charge in [0.15, 0.2) is 0 Å². The summed E-state index contributed by atoms with van der Waals surface area (Å²) in [6, 6.07) is 0.198. The van der Waals surface area contributed by atoms with Gasteiger partial charge in [0.2, 0.25) is 0 Å². The Morgan fingerprint density at radius 1 is 1.20 bits per heavy atom. The predicted octanol–water partition coefficient (Wildman–Crippen LogP) is 0.379. The second-order valence-electron chi connectivity index (χ2n) is 4.39. The van der Waals surface area contributed by atoms with E-state index in [1.54, 1.807) is 0 Å². The predicted molar refractivity (Wildman–Crippen MR) is 60.8 cm³/mol. The van der Waals surface area contributed by atoms with Gasteiger partial charge in [0.1, 0.15) is 0 Å². The highest BCUT2D eigenvalue weighted by atomic mass is 16.5. The number of hydrogen-bond acceptors (Lipinski definition) is 4. The molecule has 0 aromatic rings. The number of aliphatic hydroxyl groups excluding tert-OH is 2. The van der Waals surface area contributed by atoms with Crippen molar-refractivity contribution in [3.8, 4) is 0 Å². The molecule has 92 valence electrons. The van der Waals surface area contributed by atoms with Gasteiger partial charge in [-0.25, -0.2) is 0 Å². The normalized spacial score (nSPS) is 17.8. The fourth-order valence-electron chi connectivity index (χ4n) is 1.04. The van der Waals surface area contributed by atoms with Crippen molar-refractivity contribution in [2.45, 2.75) is 45.9 Å². The molecule has 0 saturated carbocycles. The second kappa shape index (κ2) is 8.05. The van der Waals surface area contributed by atoms with Crippen molar-refractivity contribution in [1.82, 2.24) is 5.32 Å². The van der Waals surface area contributed by atoms with Crippen molar-refractivity contribution in [1.29, 1.82) is 0 Å². The summed E-state index contributed by atoms with van der Waals surface area (Å²) in [6.07, 6.45) is -0.339. The van der Waals surface area contributed by atoms with Gasteiger partial charge in [-0.3, -0.25) is 0 Å². The van der Waals surface area contributed by atoms with Gasteiger partial charge in [0.05, 0.1) is 18.8 Å². The molecule has 3 unspecified atom stereocenters. The first kappa shape index (κ1) is 14.8. The van der Waals surface area contributed by atoms with E-state index >= 15 is 0 Å². The fourth-order valence-corrected chi connectivity index (χ4v) is 1.04. The van der Waals surface area contributed by atoms with Crippen molar-refractivity contribution in [2.75, 3.05) is 19.8 Å². The van der Waals surface area contributed by atoms with Crippen LogP contribution in [0.3, 0.4) is 0 Å². The van der Waals surface area contributed by atoms with E-state index in [4.69, 9.17) is 9.84 Å². The summed E-state index contributed by atoms with van der Waals surface area (Å²) < 4.78 is 5.28. The van der Waals surface area contributed by atoms with Gasteiger partial charge in [0.25, 0.3) is 0 Å². The Bertz CT molecular complexity index is 153. The molecule has 0 heterocycles. The first-order chi connectivity index (χ1) is 6.97. The molecular formula is C11H25NO3. The van der Waals surface area contributed by atoms with E-state index in [-0.39, 0.29) is 24.7 Å². The minimum absolute atomic E-state index is 0.147. The van der Waals surface area contributed by atoms with Crippen LogP contribution in [0.2, 0.25) is 0 Å². The maximum absolute atomic E-state index is 9.55. The van der Waals surface area contributed by atoms with E-state index in [1.807, 2.05) is 27.7 Å². The van der Waals surface area contributed by atoms with Crippen LogP contribution in [0.25, 0.3) is 0 Å². The number of aliphatic hydroxyl groups is 2. The van der Waals surface area contributed by atoms with Crippen molar-refractivity contribution >= 4 is 0 Å². The average molecular weight is 219 g/mol. The topological polar surface area (TPSA) is 61.7 Å². The largest absolute Gasteiger partial charge is 0.396 e. The minimum atomic E-state index is -0.485. The lowest BCUT2D eigenvalue weighted by atomic mass is 10.1. The molecule has 15 heavy (non-hydrogen) atoms. The molecule has 3 N–H and O–H groups in total. The first-order valence-electron chi connectivity index (χ1n) is 5.61. The third-order valence-electron chi connectivity index (χ3n) is 2.44. The summed E-state index contributed by atoms with van der Waals surface area (Å²) >= 11 is 0. The van der Waals surface area contributed by atoms with Crippen LogP contribution in [0.1, 0.15) is 27.7 Å². The summed E-state index contributed by atoms with van der Waals surface area (Å²) in [4.78, 5) is 0. The molecule has 0 amide bonds. The van der Waals surface area contributed by atoms with E-state index in [2.05, 4.69) is 5.32 Å². The number of ether oxygens (including phenoxy) is 1. The zero-order valence-corrected chi connectivity index (χ0v) is 10.2. The fraction of sp³-hybridized carbons (Fsp3) is 1.00. The Kier molecular flexibility index (Phi) is 7.96. The molecule has 0 rings (SSSR count). The van der Waals surface area contributed by atoms with Crippen molar-refractivity contribution < 1.29 is 14.9 Å². The van der Waals surface area contributed by atoms with Crippen LogP contribution in [0.5, 0.6) is 0 Å². The average Bonchev–Trinajstić information content (AvgIpc) is 2.21. The highest BCUT2D eigenvalue weighted by molar-refractivity contribution is 4.69. The van der Waals surface area contributed by atoms with Gasteiger partial charge in [-0.2, -0.15) is 0 Å². The first-order valence-corrected chi connectivity index (χ1v) is 5.61. The van der Waals surface area contributed by atoms with Gasteiger partial charge in [-0.1, -0.05) is 6.92 Å². The third kappa shape index (κ3) is 7.73. The highest BCUT2D eigenvalue weighted by Crippen LogP contribution is 2.00. The summed E-state index contributed by atoms with van der Waals surface area (Å²) in [5, 5.41) is 21.6. The van der Waals surface area contributed by atoms with Crippen molar-refractivity contribution in [3.05, 3.63) is 0 Å². The number of hydrogen-bond donors (Lipinski definition) is 3. The number of nitrogens with one attached hydrogen (secondary N) is 1. The van der Waals surface area contributed by atoms with Crippen LogP contribution >= 0.6 is 0 Å². The quantitative estimate of drug-likeness (QED) is 0.552. The smallest absolute Gasteiger partial charge is 0.0897 e. The van der Waals surface area contributed by atoms with Gasteiger partial charge >= 0.3 is 0 Å². The van der Waals surface area contributed by atoms with E-state index in [0.717, 1.165) is 0 Å². The van der Waals surface area contributed by atoms with Gasteiger partial charge < -0.3 is 20.3 Å². The standard InChI is InChI=1S/C11H25NO3/c1-8(2)15-7-11(14)5-12-10(4)9(3)6-13/h8-14H,5-7H2,1-4H3. The molecule has 4 heteroatoms. The monoisotopic (exact) mass is 219 g/mol. The van der Waals surface area contributed by atoms with E-state index < -0.39 is 6.10 Å². The Hall–Kier alpha value is -0.160. The Morgan fingerprint density at radius 3 is 2.27 bits per heavy atom. The molecule has 0 aliphatic heterocycles. The lowest BCUT2D eigenvalue weighted by Crippen LogP contribution is -2.40. The third-order valence-corrected chi connectivity index (χ3v) is 2.44. The summed E-state index contributed by atoms with van der Waals surface area (Å²) in [7, 11) is 0. The Labute approximate surface area is 92.6 Å². The number of rotatable bonds is 8. The SMILES string of the molecule is CC(C)OCC(O)CNC(C)C(C)CO. The Morgan fingerprint density at radius 2 is 1.80 bits per heavy atom. The van der Waals surface area contributed by atoms with Crippen LogP contribution in [-0.2, 0) is 4.74 Å². The molecule has 0 saturated heterocycles. The molecule has 0 radical (unpaired) electrons. The summed E-state index contributed by atoms with van der Waals surface area (Å²) in [5.74, 6) is 0.197. The molecule has 4 nitrogen and oxygen atoms in total. The molecule has 0 fully saturated rings. The van der Waals surface area contributed by atoms with Crippen LogP contribution in [0, 0.1) is 5.92 Å². The minimum Gasteiger partial charge on any atom is -0.396 e. The molecule has 0 aromatic carbocycles. The van der Waals surface area contributed by atoms with Crippen molar-refractivity contribution in [3.63, 3.8) is 0 Å². The maximum atomic E-state index is 9.55. The molecule has 0 bridgehead atoms. The molecule has 0 aromatic heterocycles. The van der Waals surface area contributed by atoms with Crippen molar-refractivity contribution in [2.24, 2.45) is 5.92 Å². The van der Waals surface area contributed by atoms with Gasteiger partial charge in [-0.05, 0) is 26.7 Å². The summed E-state index contributed by atoms with van der Waals surface area (Å²) in [5.41, 5.74) is 0. The molecule has 0 aliphatic rings. The molecule has 0 aliphatic carbocycles. The van der Waals surface area contributed by atoms with Crippen LogP contribution in [0.15, 0.2) is 0 Å². The van der Waals surface area contributed by atoms with Crippen LogP contribution in [0.4, 0.5) is 0 Å². The second-order valence-corrected chi connectivity index (χ2v) is 4.39. The zero-order valence-electron chi connectivity index (χ0n) is 10.2. The highest BCUT2D eigenvalue weighted by Gasteiger charge is 2.12. The molecular weight excluding hydrogens is 194 g/mol. The van der Waals surface area contributed by atoms with Crippen LogP contribution in [-0.4, -0.2) is 48.2 Å². The van der Waals surface area contributed by atoms with E-state index in [1.165, 1.54) is 0 Å². The molecule has 3 atom stereocenters.